The summed E-state index contributed by atoms with van der Waals surface area (Å²) in [6, 6.07) is 17.5. The normalized spacial score (nSPS) is 12.2. The lowest BCUT2D eigenvalue weighted by Crippen LogP contribution is -2.30. The standard InChI is InChI=1S/C22H21N3O2S2/c1-14-12-16(24-27-14)13-28-19-10-6-4-8-17(19)22(26)25(3)15(2)21-23-18-9-5-7-11-20(18)29-21/h4-12,15H,13H2,1-3H3/t15-/m1/s1. The average Bonchev–Trinajstić information content (AvgIpc) is 3.36. The van der Waals surface area contributed by atoms with E-state index in [0.29, 0.717) is 11.3 Å². The van der Waals surface area contributed by atoms with E-state index < -0.39 is 0 Å². The van der Waals surface area contributed by atoms with E-state index in [2.05, 4.69) is 11.2 Å². The molecule has 2 aromatic carbocycles. The summed E-state index contributed by atoms with van der Waals surface area (Å²) in [6.45, 7) is 3.89. The molecule has 2 heterocycles. The van der Waals surface area contributed by atoms with Crippen molar-refractivity contribution >= 4 is 39.2 Å². The lowest BCUT2D eigenvalue weighted by molar-refractivity contribution is 0.0739. The molecule has 1 atom stereocenters. The Morgan fingerprint density at radius 2 is 1.97 bits per heavy atom. The van der Waals surface area contributed by atoms with Crippen molar-refractivity contribution in [3.63, 3.8) is 0 Å². The van der Waals surface area contributed by atoms with Gasteiger partial charge in [0.2, 0.25) is 0 Å². The summed E-state index contributed by atoms with van der Waals surface area (Å²) in [5, 5.41) is 4.97. The van der Waals surface area contributed by atoms with Crippen LogP contribution in [0.25, 0.3) is 10.2 Å². The van der Waals surface area contributed by atoms with Crippen LogP contribution in [0.1, 0.15) is 39.8 Å². The Labute approximate surface area is 177 Å². The summed E-state index contributed by atoms with van der Waals surface area (Å²) < 4.78 is 6.26. The Bertz CT molecular complexity index is 1120. The van der Waals surface area contributed by atoms with Crippen LogP contribution in [0.5, 0.6) is 0 Å². The van der Waals surface area contributed by atoms with Crippen molar-refractivity contribution in [1.82, 2.24) is 15.0 Å². The van der Waals surface area contributed by atoms with Gasteiger partial charge in [0.05, 0.1) is 27.5 Å². The number of carbonyl (C=O) groups excluding carboxylic acids is 1. The molecule has 148 valence electrons. The number of fused-ring (bicyclic) bond motifs is 1. The summed E-state index contributed by atoms with van der Waals surface area (Å²) in [5.74, 6) is 1.42. The lowest BCUT2D eigenvalue weighted by Gasteiger charge is -2.24. The molecule has 4 rings (SSSR count). The van der Waals surface area contributed by atoms with E-state index in [1.807, 2.05) is 69.4 Å². The minimum atomic E-state index is -0.115. The van der Waals surface area contributed by atoms with Gasteiger partial charge in [0, 0.05) is 23.8 Å². The quantitative estimate of drug-likeness (QED) is 0.371. The molecule has 7 heteroatoms. The van der Waals surface area contributed by atoms with E-state index in [1.165, 1.54) is 0 Å². The number of nitrogens with zero attached hydrogens (tertiary/aromatic N) is 3. The van der Waals surface area contributed by atoms with Crippen LogP contribution in [0.3, 0.4) is 0 Å². The largest absolute Gasteiger partial charge is 0.361 e. The van der Waals surface area contributed by atoms with Crippen molar-refractivity contribution < 1.29 is 9.32 Å². The van der Waals surface area contributed by atoms with E-state index in [1.54, 1.807) is 28.0 Å². The third-order valence-electron chi connectivity index (χ3n) is 4.74. The Balaban J connectivity index is 1.53. The number of aromatic nitrogens is 2. The zero-order valence-electron chi connectivity index (χ0n) is 16.5. The molecule has 1 amide bonds. The molecule has 0 aliphatic rings. The maximum atomic E-state index is 13.3. The average molecular weight is 424 g/mol. The summed E-state index contributed by atoms with van der Waals surface area (Å²) in [4.78, 5) is 20.7. The van der Waals surface area contributed by atoms with Gasteiger partial charge < -0.3 is 9.42 Å². The fourth-order valence-corrected chi connectivity index (χ4v) is 5.00. The van der Waals surface area contributed by atoms with Crippen molar-refractivity contribution in [3.8, 4) is 0 Å². The number of aryl methyl sites for hydroxylation is 1. The van der Waals surface area contributed by atoms with E-state index >= 15 is 0 Å². The van der Waals surface area contributed by atoms with Crippen molar-refractivity contribution in [2.75, 3.05) is 7.05 Å². The number of rotatable bonds is 6. The topological polar surface area (TPSA) is 59.2 Å². The SMILES string of the molecule is Cc1cc(CSc2ccccc2C(=O)N(C)[C@H](C)c2nc3ccccc3s2)no1. The van der Waals surface area contributed by atoms with Crippen molar-refractivity contribution in [2.24, 2.45) is 0 Å². The summed E-state index contributed by atoms with van der Waals surface area (Å²) in [5.41, 5.74) is 2.53. The van der Waals surface area contributed by atoms with Gasteiger partial charge in [-0.05, 0) is 38.1 Å². The van der Waals surface area contributed by atoms with Gasteiger partial charge in [-0.15, -0.1) is 23.1 Å². The Hall–Kier alpha value is -2.64. The molecular weight excluding hydrogens is 402 g/mol. The number of para-hydroxylation sites is 1. The Morgan fingerprint density at radius 1 is 1.21 bits per heavy atom. The molecule has 4 aromatic rings. The van der Waals surface area contributed by atoms with Crippen LogP contribution in [-0.2, 0) is 5.75 Å². The monoisotopic (exact) mass is 423 g/mol. The number of amides is 1. The molecule has 2 aromatic heterocycles. The van der Waals surface area contributed by atoms with Gasteiger partial charge in [0.15, 0.2) is 0 Å². The summed E-state index contributed by atoms with van der Waals surface area (Å²) >= 11 is 3.22. The van der Waals surface area contributed by atoms with Gasteiger partial charge in [-0.3, -0.25) is 4.79 Å². The maximum Gasteiger partial charge on any atom is 0.255 e. The highest BCUT2D eigenvalue weighted by atomic mass is 32.2. The Kier molecular flexibility index (Phi) is 5.69. The Morgan fingerprint density at radius 3 is 2.72 bits per heavy atom. The van der Waals surface area contributed by atoms with Crippen molar-refractivity contribution in [1.29, 1.82) is 0 Å². The zero-order chi connectivity index (χ0) is 20.4. The van der Waals surface area contributed by atoms with Crippen LogP contribution < -0.4 is 0 Å². The van der Waals surface area contributed by atoms with Crippen LogP contribution in [0.4, 0.5) is 0 Å². The summed E-state index contributed by atoms with van der Waals surface area (Å²) in [6.07, 6.45) is 0. The summed E-state index contributed by atoms with van der Waals surface area (Å²) in [7, 11) is 1.83. The molecule has 0 unspecified atom stereocenters. The highest BCUT2D eigenvalue weighted by molar-refractivity contribution is 7.98. The maximum absolute atomic E-state index is 13.3. The van der Waals surface area contributed by atoms with Crippen LogP contribution >= 0.6 is 23.1 Å². The number of benzene rings is 2. The van der Waals surface area contributed by atoms with Gasteiger partial charge in [-0.2, -0.15) is 0 Å². The molecule has 0 radical (unpaired) electrons. The first kappa shape index (κ1) is 19.7. The first-order valence-electron chi connectivity index (χ1n) is 9.29. The predicted octanol–water partition coefficient (Wildman–Crippen LogP) is 5.72. The molecule has 0 saturated heterocycles. The van der Waals surface area contributed by atoms with Crippen molar-refractivity contribution in [3.05, 3.63) is 76.6 Å². The number of hydrogen-bond acceptors (Lipinski definition) is 6. The number of hydrogen-bond donors (Lipinski definition) is 0. The van der Waals surface area contributed by atoms with E-state index in [-0.39, 0.29) is 11.9 Å². The van der Waals surface area contributed by atoms with Gasteiger partial charge in [0.25, 0.3) is 5.91 Å². The highest BCUT2D eigenvalue weighted by Crippen LogP contribution is 2.32. The fourth-order valence-electron chi connectivity index (χ4n) is 3.01. The first-order chi connectivity index (χ1) is 14.0. The van der Waals surface area contributed by atoms with Gasteiger partial charge in [-0.25, -0.2) is 4.98 Å². The minimum absolute atomic E-state index is 0.0174. The van der Waals surface area contributed by atoms with Crippen LogP contribution in [0.2, 0.25) is 0 Å². The van der Waals surface area contributed by atoms with Gasteiger partial charge in [0.1, 0.15) is 10.8 Å². The highest BCUT2D eigenvalue weighted by Gasteiger charge is 2.23. The molecule has 0 N–H and O–H groups in total. The third-order valence-corrected chi connectivity index (χ3v) is 7.05. The molecule has 0 aliphatic carbocycles. The molecule has 0 bridgehead atoms. The minimum Gasteiger partial charge on any atom is -0.361 e. The number of thiazole rings is 1. The molecule has 0 saturated carbocycles. The molecule has 29 heavy (non-hydrogen) atoms. The molecular formula is C22H21N3O2S2. The van der Waals surface area contributed by atoms with Gasteiger partial charge >= 0.3 is 0 Å². The zero-order valence-corrected chi connectivity index (χ0v) is 18.1. The molecule has 0 fully saturated rings. The molecule has 0 aliphatic heterocycles. The fraction of sp³-hybridized carbons (Fsp3) is 0.227. The first-order valence-corrected chi connectivity index (χ1v) is 11.1. The van der Waals surface area contributed by atoms with Crippen LogP contribution in [0, 0.1) is 6.92 Å². The predicted molar refractivity (Wildman–Crippen MR) is 117 cm³/mol. The van der Waals surface area contributed by atoms with E-state index in [0.717, 1.165) is 31.6 Å². The molecule has 5 nitrogen and oxygen atoms in total. The number of thioether (sulfide) groups is 1. The van der Waals surface area contributed by atoms with Crippen molar-refractivity contribution in [2.45, 2.75) is 30.5 Å². The van der Waals surface area contributed by atoms with E-state index in [9.17, 15) is 4.79 Å². The van der Waals surface area contributed by atoms with E-state index in [4.69, 9.17) is 9.51 Å². The second-order valence-corrected chi connectivity index (χ2v) is 8.90. The van der Waals surface area contributed by atoms with Crippen LogP contribution in [0.15, 0.2) is 64.0 Å². The van der Waals surface area contributed by atoms with Crippen LogP contribution in [-0.4, -0.2) is 28.0 Å². The second-order valence-electron chi connectivity index (χ2n) is 6.83. The third kappa shape index (κ3) is 4.21. The van der Waals surface area contributed by atoms with Gasteiger partial charge in [-0.1, -0.05) is 29.4 Å². The smallest absolute Gasteiger partial charge is 0.255 e. The second kappa shape index (κ2) is 8.39. The number of carbonyl (C=O) groups is 1. The molecule has 0 spiro atoms. The lowest BCUT2D eigenvalue weighted by atomic mass is 10.2.